The Morgan fingerprint density at radius 1 is 1.27 bits per heavy atom. The van der Waals surface area contributed by atoms with Gasteiger partial charge >= 0.3 is 6.03 Å². The third-order valence-electron chi connectivity index (χ3n) is 3.64. The predicted octanol–water partition coefficient (Wildman–Crippen LogP) is 2.43. The van der Waals surface area contributed by atoms with E-state index in [1.807, 2.05) is 23.6 Å². The molecule has 1 rings (SSSR count). The van der Waals surface area contributed by atoms with E-state index in [1.54, 1.807) is 0 Å². The molecule has 1 saturated heterocycles. The second-order valence-electron chi connectivity index (χ2n) is 4.64. The molecule has 2 amide bonds. The molecule has 0 aromatic rings. The third kappa shape index (κ3) is 2.86. The standard InChI is InChI=1S/C12H24N2O/c1-5-13(6-2)12(15)14-8-7-10(3)11(4)9-14/h10-11H,5-9H2,1-4H3. The zero-order valence-electron chi connectivity index (χ0n) is 10.5. The lowest BCUT2D eigenvalue weighted by atomic mass is 9.89. The van der Waals surface area contributed by atoms with Crippen molar-refractivity contribution in [3.63, 3.8) is 0 Å². The summed E-state index contributed by atoms with van der Waals surface area (Å²) in [6.45, 7) is 12.1. The first kappa shape index (κ1) is 12.3. The predicted molar refractivity (Wildman–Crippen MR) is 62.8 cm³/mol. The number of likely N-dealkylation sites (tertiary alicyclic amines) is 1. The van der Waals surface area contributed by atoms with Gasteiger partial charge in [0.25, 0.3) is 0 Å². The van der Waals surface area contributed by atoms with Gasteiger partial charge in [-0.05, 0) is 32.1 Å². The molecule has 3 nitrogen and oxygen atoms in total. The van der Waals surface area contributed by atoms with Crippen molar-refractivity contribution in [2.75, 3.05) is 26.2 Å². The fourth-order valence-corrected chi connectivity index (χ4v) is 2.13. The lowest BCUT2D eigenvalue weighted by molar-refractivity contribution is 0.116. The van der Waals surface area contributed by atoms with E-state index in [-0.39, 0.29) is 6.03 Å². The van der Waals surface area contributed by atoms with Crippen molar-refractivity contribution in [1.29, 1.82) is 0 Å². The highest BCUT2D eigenvalue weighted by Crippen LogP contribution is 2.23. The monoisotopic (exact) mass is 212 g/mol. The molecule has 0 bridgehead atoms. The van der Waals surface area contributed by atoms with E-state index in [2.05, 4.69) is 13.8 Å². The fraction of sp³-hybridized carbons (Fsp3) is 0.917. The van der Waals surface area contributed by atoms with Gasteiger partial charge < -0.3 is 9.80 Å². The molecule has 1 aliphatic heterocycles. The van der Waals surface area contributed by atoms with Crippen molar-refractivity contribution in [2.45, 2.75) is 34.1 Å². The average Bonchev–Trinajstić information content (AvgIpc) is 2.23. The summed E-state index contributed by atoms with van der Waals surface area (Å²) in [4.78, 5) is 16.0. The molecule has 1 fully saturated rings. The summed E-state index contributed by atoms with van der Waals surface area (Å²) in [5.41, 5.74) is 0. The smallest absolute Gasteiger partial charge is 0.319 e. The lowest BCUT2D eigenvalue weighted by Gasteiger charge is -2.37. The minimum atomic E-state index is 0.221. The quantitative estimate of drug-likeness (QED) is 0.689. The summed E-state index contributed by atoms with van der Waals surface area (Å²) in [6, 6.07) is 0.221. The molecule has 1 aliphatic rings. The van der Waals surface area contributed by atoms with Crippen LogP contribution < -0.4 is 0 Å². The summed E-state index contributed by atoms with van der Waals surface area (Å²) in [7, 11) is 0. The minimum absolute atomic E-state index is 0.221. The molecule has 0 aromatic carbocycles. The Morgan fingerprint density at radius 3 is 2.33 bits per heavy atom. The largest absolute Gasteiger partial charge is 0.325 e. The summed E-state index contributed by atoms with van der Waals surface area (Å²) in [5.74, 6) is 1.39. The second-order valence-corrected chi connectivity index (χ2v) is 4.64. The van der Waals surface area contributed by atoms with Gasteiger partial charge in [-0.3, -0.25) is 0 Å². The summed E-state index contributed by atoms with van der Waals surface area (Å²) < 4.78 is 0. The molecule has 15 heavy (non-hydrogen) atoms. The molecule has 0 spiro atoms. The number of hydrogen-bond acceptors (Lipinski definition) is 1. The summed E-state index contributed by atoms with van der Waals surface area (Å²) in [5, 5.41) is 0. The van der Waals surface area contributed by atoms with Gasteiger partial charge in [-0.2, -0.15) is 0 Å². The van der Waals surface area contributed by atoms with Gasteiger partial charge in [0.15, 0.2) is 0 Å². The maximum atomic E-state index is 12.1. The van der Waals surface area contributed by atoms with Gasteiger partial charge in [-0.25, -0.2) is 4.79 Å². The van der Waals surface area contributed by atoms with Gasteiger partial charge in [-0.15, -0.1) is 0 Å². The molecule has 2 atom stereocenters. The van der Waals surface area contributed by atoms with Crippen LogP contribution in [-0.4, -0.2) is 42.0 Å². The number of piperidine rings is 1. The van der Waals surface area contributed by atoms with E-state index in [4.69, 9.17) is 0 Å². The van der Waals surface area contributed by atoms with Crippen LogP contribution in [0.2, 0.25) is 0 Å². The van der Waals surface area contributed by atoms with E-state index in [1.165, 1.54) is 0 Å². The number of hydrogen-bond donors (Lipinski definition) is 0. The molecular weight excluding hydrogens is 188 g/mol. The van der Waals surface area contributed by atoms with E-state index in [0.29, 0.717) is 5.92 Å². The maximum Gasteiger partial charge on any atom is 0.319 e. The highest BCUT2D eigenvalue weighted by atomic mass is 16.2. The van der Waals surface area contributed by atoms with Crippen molar-refractivity contribution >= 4 is 6.03 Å². The number of urea groups is 1. The van der Waals surface area contributed by atoms with E-state index >= 15 is 0 Å². The molecule has 0 aromatic heterocycles. The van der Waals surface area contributed by atoms with Gasteiger partial charge in [0, 0.05) is 26.2 Å². The second kappa shape index (κ2) is 5.38. The molecule has 1 heterocycles. The topological polar surface area (TPSA) is 23.6 Å². The maximum absolute atomic E-state index is 12.1. The Bertz CT molecular complexity index is 214. The number of nitrogens with zero attached hydrogens (tertiary/aromatic N) is 2. The van der Waals surface area contributed by atoms with Crippen LogP contribution in [0.25, 0.3) is 0 Å². The van der Waals surface area contributed by atoms with Crippen LogP contribution in [0.15, 0.2) is 0 Å². The molecular formula is C12H24N2O. The molecule has 88 valence electrons. The van der Waals surface area contributed by atoms with Crippen molar-refractivity contribution in [3.8, 4) is 0 Å². The number of carbonyl (C=O) groups excluding carboxylic acids is 1. The Labute approximate surface area is 93.4 Å². The van der Waals surface area contributed by atoms with Crippen LogP contribution in [0.4, 0.5) is 4.79 Å². The molecule has 0 radical (unpaired) electrons. The van der Waals surface area contributed by atoms with Crippen molar-refractivity contribution in [1.82, 2.24) is 9.80 Å². The molecule has 2 unspecified atom stereocenters. The first-order valence-corrected chi connectivity index (χ1v) is 6.13. The Kier molecular flexibility index (Phi) is 4.43. The molecule has 0 N–H and O–H groups in total. The van der Waals surface area contributed by atoms with Gasteiger partial charge in [0.1, 0.15) is 0 Å². The SMILES string of the molecule is CCN(CC)C(=O)N1CCC(C)C(C)C1. The zero-order valence-corrected chi connectivity index (χ0v) is 10.5. The number of amides is 2. The van der Waals surface area contributed by atoms with Crippen LogP contribution in [0.1, 0.15) is 34.1 Å². The van der Waals surface area contributed by atoms with Crippen molar-refractivity contribution < 1.29 is 4.79 Å². The first-order valence-electron chi connectivity index (χ1n) is 6.13. The van der Waals surface area contributed by atoms with Crippen LogP contribution in [0.3, 0.4) is 0 Å². The molecule has 0 aliphatic carbocycles. The van der Waals surface area contributed by atoms with Crippen LogP contribution in [0, 0.1) is 11.8 Å². The first-order chi connectivity index (χ1) is 7.10. The Hall–Kier alpha value is -0.730. The van der Waals surface area contributed by atoms with Crippen LogP contribution in [-0.2, 0) is 0 Å². The third-order valence-corrected chi connectivity index (χ3v) is 3.64. The van der Waals surface area contributed by atoms with Gasteiger partial charge in [-0.1, -0.05) is 13.8 Å². The minimum Gasteiger partial charge on any atom is -0.325 e. The van der Waals surface area contributed by atoms with Gasteiger partial charge in [0.05, 0.1) is 0 Å². The van der Waals surface area contributed by atoms with Crippen LogP contribution in [0.5, 0.6) is 0 Å². The van der Waals surface area contributed by atoms with E-state index in [9.17, 15) is 4.79 Å². The van der Waals surface area contributed by atoms with E-state index < -0.39 is 0 Å². The highest BCUT2D eigenvalue weighted by Gasteiger charge is 2.27. The Balaban J connectivity index is 2.53. The van der Waals surface area contributed by atoms with E-state index in [0.717, 1.165) is 38.5 Å². The summed E-state index contributed by atoms with van der Waals surface area (Å²) >= 11 is 0. The van der Waals surface area contributed by atoms with Crippen LogP contribution >= 0.6 is 0 Å². The Morgan fingerprint density at radius 2 is 1.87 bits per heavy atom. The highest BCUT2D eigenvalue weighted by molar-refractivity contribution is 5.74. The number of rotatable bonds is 2. The number of carbonyl (C=O) groups is 1. The molecule has 0 saturated carbocycles. The lowest BCUT2D eigenvalue weighted by Crippen LogP contribution is -2.48. The van der Waals surface area contributed by atoms with Crippen molar-refractivity contribution in [2.24, 2.45) is 11.8 Å². The van der Waals surface area contributed by atoms with Crippen molar-refractivity contribution in [3.05, 3.63) is 0 Å². The van der Waals surface area contributed by atoms with Gasteiger partial charge in [0.2, 0.25) is 0 Å². The molecule has 3 heteroatoms. The fourth-order valence-electron chi connectivity index (χ4n) is 2.13. The normalized spacial score (nSPS) is 26.5. The zero-order chi connectivity index (χ0) is 11.4. The average molecular weight is 212 g/mol. The summed E-state index contributed by atoms with van der Waals surface area (Å²) in [6.07, 6.45) is 1.15.